The quantitative estimate of drug-likeness (QED) is 0.0301. The third-order valence-electron chi connectivity index (χ3n) is 11.9. The molecule has 0 unspecified atom stereocenters. The Labute approximate surface area is 467 Å². The lowest BCUT2D eigenvalue weighted by Gasteiger charge is -2.21. The van der Waals surface area contributed by atoms with Gasteiger partial charge in [0, 0.05) is 57.1 Å². The Morgan fingerprint density at radius 3 is 0.728 bits per heavy atom. The fourth-order valence-electron chi connectivity index (χ4n) is 7.23. The highest BCUT2D eigenvalue weighted by molar-refractivity contribution is 6.05. The predicted molar refractivity (Wildman–Crippen MR) is 286 cm³/mol. The predicted octanol–water partition coefficient (Wildman–Crippen LogP) is -2.82. The van der Waals surface area contributed by atoms with Gasteiger partial charge in [-0.2, -0.15) is 0 Å². The van der Waals surface area contributed by atoms with E-state index in [-0.39, 0.29) is 94.1 Å². The van der Waals surface area contributed by atoms with Gasteiger partial charge >= 0.3 is 17.9 Å². The van der Waals surface area contributed by atoms with Gasteiger partial charge in [0.05, 0.1) is 0 Å². The van der Waals surface area contributed by atoms with Gasteiger partial charge in [0.15, 0.2) is 0 Å². The minimum Gasteiger partial charge on any atom is -0.480 e. The second kappa shape index (κ2) is 35.7. The molecular weight excluding hydrogens is 1070 g/mol. The third-order valence-corrected chi connectivity index (χ3v) is 11.9. The molecule has 0 saturated carbocycles. The molecule has 0 heterocycles. The summed E-state index contributed by atoms with van der Waals surface area (Å²) in [4.78, 5) is 186. The topological polar surface area (TPSA) is 461 Å². The first-order chi connectivity index (χ1) is 37.8. The van der Waals surface area contributed by atoms with Crippen LogP contribution in [0.1, 0.15) is 151 Å². The van der Waals surface area contributed by atoms with Crippen LogP contribution in [0.3, 0.4) is 0 Å². The van der Waals surface area contributed by atoms with E-state index in [1.807, 2.05) is 0 Å². The zero-order valence-corrected chi connectivity index (χ0v) is 46.9. The van der Waals surface area contributed by atoms with Crippen molar-refractivity contribution < 1.29 is 87.2 Å². The molecule has 12 amide bonds. The standard InChI is InChI=1S/C51H78N12O18/c1-25(40(67)58-28(4)49(76)77)55-46(73)37(61-31(7)64)16-10-13-19-52-43(70)34-22-35(44(71)53-20-14-11-17-38(62-32(8)65)47(74)56-26(2)41(68)59-29(5)50(78)79)24-36(23-34)45(72)54-21-15-12-18-39(63-33(9)66)48(75)57-27(3)42(69)60-30(6)51(80)81/h22-30,37-39H,10-21H2,1-9H3,(H,52,70)(H,53,71)(H,54,72)(H,55,73)(H,56,74)(H,57,75)(H,58,67)(H,59,68)(H,60,69)(H,61,64)(H,62,65)(H,63,66)(H,76,77)(H,78,79)(H,80,81)/t25-,26-,27-,28-,29-,30-,37+,38+,39+/m1/s1. The summed E-state index contributed by atoms with van der Waals surface area (Å²) in [6.45, 7) is 11.3. The van der Waals surface area contributed by atoms with Crippen LogP contribution >= 0.6 is 0 Å². The highest BCUT2D eigenvalue weighted by Gasteiger charge is 2.29. The number of unbranched alkanes of at least 4 members (excludes halogenated alkanes) is 3. The van der Waals surface area contributed by atoms with Gasteiger partial charge in [-0.05, 0) is 118 Å². The second-order valence-corrected chi connectivity index (χ2v) is 19.2. The molecule has 0 aliphatic carbocycles. The summed E-state index contributed by atoms with van der Waals surface area (Å²) in [5, 5.41) is 56.8. The average molecular weight is 1150 g/mol. The van der Waals surface area contributed by atoms with Crippen molar-refractivity contribution in [2.75, 3.05) is 19.6 Å². The number of rotatable bonds is 36. The molecule has 30 nitrogen and oxygen atoms in total. The van der Waals surface area contributed by atoms with E-state index >= 15 is 0 Å². The summed E-state index contributed by atoms with van der Waals surface area (Å²) in [7, 11) is 0. The lowest BCUT2D eigenvalue weighted by Crippen LogP contribution is -2.54. The number of aliphatic carboxylic acids is 3. The molecule has 81 heavy (non-hydrogen) atoms. The number of hydrogen-bond acceptors (Lipinski definition) is 15. The SMILES string of the molecule is CC(=O)N[C@@H](CCCCNC(=O)c1cc(C(=O)NCCCC[C@H](NC(C)=O)C(=O)N[C@H](C)C(=O)N[C@H](C)C(=O)O)cc(C(=O)NCCCC[C@H](NC(C)=O)C(=O)N[C@H](C)C(=O)N[C@H](C)C(=O)O)c1)C(=O)N[C@H](C)C(=O)N[C@H](C)C(=O)O. The van der Waals surface area contributed by atoms with E-state index in [0.29, 0.717) is 0 Å². The van der Waals surface area contributed by atoms with Gasteiger partial charge in [0.25, 0.3) is 17.7 Å². The summed E-state index contributed by atoms with van der Waals surface area (Å²) in [5.74, 6) is -12.1. The van der Waals surface area contributed by atoms with Gasteiger partial charge < -0.3 is 79.1 Å². The Kier molecular flexibility index (Phi) is 31.0. The van der Waals surface area contributed by atoms with Crippen LogP contribution in [0.2, 0.25) is 0 Å². The van der Waals surface area contributed by atoms with Crippen molar-refractivity contribution in [1.29, 1.82) is 0 Å². The van der Waals surface area contributed by atoms with Crippen LogP contribution in [0.25, 0.3) is 0 Å². The van der Waals surface area contributed by atoms with E-state index in [9.17, 15) is 71.9 Å². The number of carbonyl (C=O) groups excluding carboxylic acids is 12. The molecule has 1 rings (SSSR count). The Hall–Kier alpha value is -8.73. The van der Waals surface area contributed by atoms with Crippen molar-refractivity contribution in [3.8, 4) is 0 Å². The van der Waals surface area contributed by atoms with Gasteiger partial charge in [0.2, 0.25) is 53.2 Å². The van der Waals surface area contributed by atoms with Crippen molar-refractivity contribution >= 4 is 88.8 Å². The Morgan fingerprint density at radius 1 is 0.321 bits per heavy atom. The highest BCUT2D eigenvalue weighted by Crippen LogP contribution is 2.13. The molecule has 0 radical (unpaired) electrons. The Bertz CT molecular complexity index is 2200. The first-order valence-electron chi connectivity index (χ1n) is 26.2. The molecule has 0 spiro atoms. The molecule has 15 N–H and O–H groups in total. The van der Waals surface area contributed by atoms with Crippen LogP contribution in [-0.2, 0) is 57.5 Å². The van der Waals surface area contributed by atoms with Gasteiger partial charge in [0.1, 0.15) is 54.4 Å². The summed E-state index contributed by atoms with van der Waals surface area (Å²) in [5.41, 5.74) is -0.328. The Morgan fingerprint density at radius 2 is 0.531 bits per heavy atom. The molecule has 1 aromatic carbocycles. The molecule has 0 aliphatic heterocycles. The Balaban J connectivity index is 3.20. The van der Waals surface area contributed by atoms with Crippen molar-refractivity contribution in [3.63, 3.8) is 0 Å². The third kappa shape index (κ3) is 27.6. The van der Waals surface area contributed by atoms with E-state index < -0.39 is 143 Å². The monoisotopic (exact) mass is 1150 g/mol. The van der Waals surface area contributed by atoms with Gasteiger partial charge in [-0.1, -0.05) is 0 Å². The normalized spacial score (nSPS) is 14.0. The fourth-order valence-corrected chi connectivity index (χ4v) is 7.23. The second-order valence-electron chi connectivity index (χ2n) is 19.2. The molecule has 0 aliphatic rings. The lowest BCUT2D eigenvalue weighted by atomic mass is 10.0. The fraction of sp³-hybridized carbons (Fsp3) is 0.588. The van der Waals surface area contributed by atoms with Crippen LogP contribution < -0.4 is 63.8 Å². The molecule has 0 bridgehead atoms. The number of carboxylic acid groups (broad SMARTS) is 3. The average Bonchev–Trinajstić information content (AvgIpc) is 3.39. The minimum absolute atomic E-state index is 0.0121. The molecule has 0 aromatic heterocycles. The van der Waals surface area contributed by atoms with E-state index in [4.69, 9.17) is 15.3 Å². The maximum absolute atomic E-state index is 13.6. The largest absolute Gasteiger partial charge is 0.480 e. The number of carbonyl (C=O) groups is 15. The minimum atomic E-state index is -1.29. The zero-order valence-electron chi connectivity index (χ0n) is 46.9. The molecule has 1 aromatic rings. The van der Waals surface area contributed by atoms with Gasteiger partial charge in [-0.25, -0.2) is 0 Å². The zero-order chi connectivity index (χ0) is 61.7. The highest BCUT2D eigenvalue weighted by atomic mass is 16.4. The van der Waals surface area contributed by atoms with Crippen molar-refractivity contribution in [1.82, 2.24) is 63.8 Å². The number of benzene rings is 1. The summed E-state index contributed by atoms with van der Waals surface area (Å²) >= 11 is 0. The smallest absolute Gasteiger partial charge is 0.325 e. The maximum Gasteiger partial charge on any atom is 0.325 e. The molecule has 30 heteroatoms. The van der Waals surface area contributed by atoms with E-state index in [2.05, 4.69) is 63.8 Å². The van der Waals surface area contributed by atoms with E-state index in [1.165, 1.54) is 80.5 Å². The maximum atomic E-state index is 13.6. The summed E-state index contributed by atoms with van der Waals surface area (Å²) < 4.78 is 0. The molecular formula is C51H78N12O18. The van der Waals surface area contributed by atoms with E-state index in [1.54, 1.807) is 0 Å². The first kappa shape index (κ1) is 70.3. The molecule has 0 saturated heterocycles. The number of nitrogens with one attached hydrogen (secondary N) is 12. The molecule has 9 atom stereocenters. The number of carboxylic acids is 3. The van der Waals surface area contributed by atoms with Crippen LogP contribution in [0, 0.1) is 0 Å². The summed E-state index contributed by atoms with van der Waals surface area (Å²) in [6, 6.07) is -6.74. The number of hydrogen-bond donors (Lipinski definition) is 15. The van der Waals surface area contributed by atoms with Crippen LogP contribution in [-0.4, -0.2) is 178 Å². The summed E-state index contributed by atoms with van der Waals surface area (Å²) in [6.07, 6.45) is 1.71. The van der Waals surface area contributed by atoms with Gasteiger partial charge in [-0.15, -0.1) is 0 Å². The van der Waals surface area contributed by atoms with Crippen molar-refractivity contribution in [2.24, 2.45) is 0 Å². The lowest BCUT2D eigenvalue weighted by molar-refractivity contribution is -0.142. The van der Waals surface area contributed by atoms with Crippen LogP contribution in [0.15, 0.2) is 18.2 Å². The van der Waals surface area contributed by atoms with Crippen LogP contribution in [0.5, 0.6) is 0 Å². The number of amides is 12. The first-order valence-corrected chi connectivity index (χ1v) is 26.2. The van der Waals surface area contributed by atoms with Crippen LogP contribution in [0.4, 0.5) is 0 Å². The van der Waals surface area contributed by atoms with Crippen molar-refractivity contribution in [2.45, 2.75) is 174 Å². The van der Waals surface area contributed by atoms with E-state index in [0.717, 1.165) is 0 Å². The van der Waals surface area contributed by atoms with Gasteiger partial charge in [-0.3, -0.25) is 71.9 Å². The molecule has 450 valence electrons. The van der Waals surface area contributed by atoms with Crippen molar-refractivity contribution in [3.05, 3.63) is 34.9 Å². The molecule has 0 fully saturated rings.